The van der Waals surface area contributed by atoms with Gasteiger partial charge in [-0.05, 0) is 53.5 Å². The van der Waals surface area contributed by atoms with Crippen LogP contribution in [0.3, 0.4) is 0 Å². The van der Waals surface area contributed by atoms with Gasteiger partial charge in [-0.3, -0.25) is 4.79 Å². The lowest BCUT2D eigenvalue weighted by atomic mass is 10.1. The number of carbonyl (C=O) groups excluding carboxylic acids is 1. The van der Waals surface area contributed by atoms with Crippen molar-refractivity contribution in [1.82, 2.24) is 0 Å². The number of benzene rings is 2. The second kappa shape index (κ2) is 6.26. The lowest BCUT2D eigenvalue weighted by Gasteiger charge is -2.23. The van der Waals surface area contributed by atoms with E-state index in [9.17, 15) is 14.3 Å². The lowest BCUT2D eigenvalue weighted by molar-refractivity contribution is 0.0987. The number of halogens is 2. The molecule has 2 aromatic rings. The molecule has 1 amide bonds. The number of hydrogen-bond acceptors (Lipinski definition) is 2. The van der Waals surface area contributed by atoms with Crippen molar-refractivity contribution in [2.45, 2.75) is 13.8 Å². The number of amides is 1. The molecule has 1 N–H and O–H groups in total. The van der Waals surface area contributed by atoms with Gasteiger partial charge in [0.05, 0.1) is 15.7 Å². The maximum absolute atomic E-state index is 13.6. The molecule has 0 aromatic heterocycles. The van der Waals surface area contributed by atoms with Crippen molar-refractivity contribution in [3.05, 3.63) is 57.8 Å². The van der Waals surface area contributed by atoms with Crippen molar-refractivity contribution in [2.24, 2.45) is 0 Å². The Bertz CT molecular complexity index is 688. The van der Waals surface area contributed by atoms with Gasteiger partial charge in [-0.2, -0.15) is 0 Å². The molecule has 0 spiro atoms. The standard InChI is InChI=1S/C16H15BrFNO2/c1-3-19(14-9-11(20)8-7-10(14)2)16(21)12-5-4-6-13(18)15(12)17/h4-9,20H,3H2,1-2H3. The molecular weight excluding hydrogens is 337 g/mol. The van der Waals surface area contributed by atoms with Crippen molar-refractivity contribution in [3.8, 4) is 5.75 Å². The Morgan fingerprint density at radius 3 is 2.71 bits per heavy atom. The molecule has 5 heteroatoms. The van der Waals surface area contributed by atoms with E-state index in [0.717, 1.165) is 5.56 Å². The molecule has 2 rings (SSSR count). The lowest BCUT2D eigenvalue weighted by Crippen LogP contribution is -2.31. The quantitative estimate of drug-likeness (QED) is 0.896. The fourth-order valence-electron chi connectivity index (χ4n) is 2.13. The first-order valence-corrected chi connectivity index (χ1v) is 7.30. The normalized spacial score (nSPS) is 10.5. The van der Waals surface area contributed by atoms with Crippen LogP contribution in [0.5, 0.6) is 5.75 Å². The van der Waals surface area contributed by atoms with E-state index < -0.39 is 5.82 Å². The molecule has 0 aliphatic carbocycles. The van der Waals surface area contributed by atoms with Gasteiger partial charge in [0.15, 0.2) is 0 Å². The van der Waals surface area contributed by atoms with Crippen molar-refractivity contribution in [2.75, 3.05) is 11.4 Å². The molecule has 3 nitrogen and oxygen atoms in total. The summed E-state index contributed by atoms with van der Waals surface area (Å²) in [5.74, 6) is -0.720. The van der Waals surface area contributed by atoms with Gasteiger partial charge >= 0.3 is 0 Å². The largest absolute Gasteiger partial charge is 0.508 e. The van der Waals surface area contributed by atoms with Gasteiger partial charge in [0, 0.05) is 12.6 Å². The van der Waals surface area contributed by atoms with Crippen LogP contribution in [-0.2, 0) is 0 Å². The average Bonchev–Trinajstić information content (AvgIpc) is 2.46. The zero-order chi connectivity index (χ0) is 15.6. The van der Waals surface area contributed by atoms with Gasteiger partial charge < -0.3 is 10.0 Å². The molecule has 21 heavy (non-hydrogen) atoms. The Balaban J connectivity index is 2.48. The van der Waals surface area contributed by atoms with Crippen molar-refractivity contribution >= 4 is 27.5 Å². The highest BCUT2D eigenvalue weighted by Gasteiger charge is 2.21. The third kappa shape index (κ3) is 3.08. The third-order valence-corrected chi connectivity index (χ3v) is 4.03. The summed E-state index contributed by atoms with van der Waals surface area (Å²) in [6.07, 6.45) is 0. The Kier molecular flexibility index (Phi) is 4.63. The first kappa shape index (κ1) is 15.5. The maximum atomic E-state index is 13.6. The minimum Gasteiger partial charge on any atom is -0.508 e. The second-order valence-electron chi connectivity index (χ2n) is 4.62. The van der Waals surface area contributed by atoms with Crippen molar-refractivity contribution in [1.29, 1.82) is 0 Å². The van der Waals surface area contributed by atoms with E-state index in [1.807, 2.05) is 13.8 Å². The molecule has 0 radical (unpaired) electrons. The van der Waals surface area contributed by atoms with Crippen LogP contribution in [-0.4, -0.2) is 17.6 Å². The number of aromatic hydroxyl groups is 1. The van der Waals surface area contributed by atoms with Crippen LogP contribution in [0.15, 0.2) is 40.9 Å². The summed E-state index contributed by atoms with van der Waals surface area (Å²) in [6.45, 7) is 4.09. The summed E-state index contributed by atoms with van der Waals surface area (Å²) in [7, 11) is 0. The van der Waals surface area contributed by atoms with E-state index in [-0.39, 0.29) is 21.7 Å². The van der Waals surface area contributed by atoms with E-state index in [0.29, 0.717) is 12.2 Å². The van der Waals surface area contributed by atoms with Crippen LogP contribution in [0.1, 0.15) is 22.8 Å². The zero-order valence-electron chi connectivity index (χ0n) is 11.7. The number of phenolic OH excluding ortho intramolecular Hbond substituents is 1. The number of phenols is 1. The predicted molar refractivity (Wildman–Crippen MR) is 84.3 cm³/mol. The number of nitrogens with zero attached hydrogens (tertiary/aromatic N) is 1. The highest BCUT2D eigenvalue weighted by Crippen LogP contribution is 2.28. The van der Waals surface area contributed by atoms with Crippen molar-refractivity contribution < 1.29 is 14.3 Å². The second-order valence-corrected chi connectivity index (χ2v) is 5.41. The fraction of sp³-hybridized carbons (Fsp3) is 0.188. The maximum Gasteiger partial charge on any atom is 0.259 e. The number of hydrogen-bond donors (Lipinski definition) is 1. The summed E-state index contributed by atoms with van der Waals surface area (Å²) < 4.78 is 13.7. The summed E-state index contributed by atoms with van der Waals surface area (Å²) in [6, 6.07) is 9.18. The number of rotatable bonds is 3. The smallest absolute Gasteiger partial charge is 0.259 e. The van der Waals surface area contributed by atoms with E-state index in [1.165, 1.54) is 23.1 Å². The summed E-state index contributed by atoms with van der Waals surface area (Å²) >= 11 is 3.11. The molecule has 0 fully saturated rings. The Morgan fingerprint density at radius 2 is 2.05 bits per heavy atom. The summed E-state index contributed by atoms with van der Waals surface area (Å²) in [4.78, 5) is 14.2. The van der Waals surface area contributed by atoms with Gasteiger partial charge in [-0.15, -0.1) is 0 Å². The number of aryl methyl sites for hydroxylation is 1. The molecule has 0 aliphatic rings. The highest BCUT2D eigenvalue weighted by atomic mass is 79.9. The SMILES string of the molecule is CCN(C(=O)c1cccc(F)c1Br)c1cc(O)ccc1C. The highest BCUT2D eigenvalue weighted by molar-refractivity contribution is 9.10. The molecule has 0 unspecified atom stereocenters. The summed E-state index contributed by atoms with van der Waals surface area (Å²) in [5.41, 5.74) is 1.72. The predicted octanol–water partition coefficient (Wildman–Crippen LogP) is 4.27. The van der Waals surface area contributed by atoms with Crippen LogP contribution >= 0.6 is 15.9 Å². The van der Waals surface area contributed by atoms with E-state index in [4.69, 9.17) is 0 Å². The van der Waals surface area contributed by atoms with Crippen LogP contribution in [0, 0.1) is 12.7 Å². The van der Waals surface area contributed by atoms with Gasteiger partial charge in [0.1, 0.15) is 11.6 Å². The van der Waals surface area contributed by atoms with Crippen LogP contribution in [0.2, 0.25) is 0 Å². The fourth-order valence-corrected chi connectivity index (χ4v) is 2.56. The minimum absolute atomic E-state index is 0.0835. The van der Waals surface area contributed by atoms with E-state index in [1.54, 1.807) is 18.2 Å². The van der Waals surface area contributed by atoms with E-state index in [2.05, 4.69) is 15.9 Å². The van der Waals surface area contributed by atoms with Crippen molar-refractivity contribution in [3.63, 3.8) is 0 Å². The molecule has 2 aromatic carbocycles. The molecule has 110 valence electrons. The van der Waals surface area contributed by atoms with Gasteiger partial charge in [-0.25, -0.2) is 4.39 Å². The topological polar surface area (TPSA) is 40.5 Å². The molecule has 0 heterocycles. The zero-order valence-corrected chi connectivity index (χ0v) is 13.3. The summed E-state index contributed by atoms with van der Waals surface area (Å²) in [5, 5.41) is 9.63. The Labute approximate surface area is 131 Å². The van der Waals surface area contributed by atoms with E-state index >= 15 is 0 Å². The molecule has 0 bridgehead atoms. The minimum atomic E-state index is -0.482. The van der Waals surface area contributed by atoms with Crippen LogP contribution in [0.4, 0.5) is 10.1 Å². The van der Waals surface area contributed by atoms with Gasteiger partial charge in [0.25, 0.3) is 5.91 Å². The molecule has 0 atom stereocenters. The van der Waals surface area contributed by atoms with Crippen LogP contribution in [0.25, 0.3) is 0 Å². The average molecular weight is 352 g/mol. The van der Waals surface area contributed by atoms with Crippen LogP contribution < -0.4 is 4.90 Å². The van der Waals surface area contributed by atoms with Gasteiger partial charge in [0.2, 0.25) is 0 Å². The number of anilines is 1. The Morgan fingerprint density at radius 1 is 1.33 bits per heavy atom. The van der Waals surface area contributed by atoms with Gasteiger partial charge in [-0.1, -0.05) is 12.1 Å². The molecule has 0 saturated heterocycles. The first-order valence-electron chi connectivity index (χ1n) is 6.51. The Hall–Kier alpha value is -1.88. The monoisotopic (exact) mass is 351 g/mol. The number of carbonyl (C=O) groups is 1. The molecule has 0 saturated carbocycles. The third-order valence-electron chi connectivity index (χ3n) is 3.23. The molecule has 0 aliphatic heterocycles. The molecular formula is C16H15BrFNO2. The first-order chi connectivity index (χ1) is 9.95.